The lowest BCUT2D eigenvalue weighted by molar-refractivity contribution is 0.0959. The lowest BCUT2D eigenvalue weighted by atomic mass is 9.99. The van der Waals surface area contributed by atoms with Crippen LogP contribution in [0, 0.1) is 0 Å². The normalized spacial score (nSPS) is 16.0. The van der Waals surface area contributed by atoms with E-state index < -0.39 is 0 Å². The molecule has 0 saturated heterocycles. The van der Waals surface area contributed by atoms with Crippen molar-refractivity contribution in [2.24, 2.45) is 5.10 Å². The topological polar surface area (TPSA) is 59.9 Å². The monoisotopic (exact) mass is 342 g/mol. The van der Waals surface area contributed by atoms with Crippen LogP contribution in [0.25, 0.3) is 0 Å². The Bertz CT molecular complexity index is 802. The summed E-state index contributed by atoms with van der Waals surface area (Å²) < 4.78 is 10.7. The van der Waals surface area contributed by atoms with Gasteiger partial charge in [0, 0.05) is 10.4 Å². The second-order valence-corrected chi connectivity index (χ2v) is 7.11. The van der Waals surface area contributed by atoms with E-state index in [2.05, 4.69) is 10.5 Å². The number of fused-ring (bicyclic) bond motifs is 2. The SMILES string of the molecule is C/C(=N/NC(=O)c1cc2c(s1)CCCC2)c1ccc2c(c1)OCO2. The summed E-state index contributed by atoms with van der Waals surface area (Å²) in [4.78, 5) is 14.4. The number of hydrogen-bond acceptors (Lipinski definition) is 5. The maximum Gasteiger partial charge on any atom is 0.281 e. The number of ether oxygens (including phenoxy) is 2. The number of carbonyl (C=O) groups is 1. The highest BCUT2D eigenvalue weighted by molar-refractivity contribution is 7.14. The first kappa shape index (κ1) is 15.2. The Morgan fingerprint density at radius 1 is 1.17 bits per heavy atom. The van der Waals surface area contributed by atoms with E-state index in [4.69, 9.17) is 9.47 Å². The summed E-state index contributed by atoms with van der Waals surface area (Å²) in [6.45, 7) is 2.10. The van der Waals surface area contributed by atoms with Crippen LogP contribution >= 0.6 is 11.3 Å². The standard InChI is InChI=1S/C18H18N2O3S/c1-11(12-6-7-14-15(8-12)23-10-22-14)19-20-18(21)17-9-13-4-2-3-5-16(13)24-17/h6-9H,2-5,10H2,1H3,(H,20,21)/b19-11-. The fraction of sp³-hybridized carbons (Fsp3) is 0.333. The molecule has 4 rings (SSSR count). The van der Waals surface area contributed by atoms with Gasteiger partial charge in [0.15, 0.2) is 11.5 Å². The predicted octanol–water partition coefficient (Wildman–Crippen LogP) is 3.51. The molecule has 1 N–H and O–H groups in total. The summed E-state index contributed by atoms with van der Waals surface area (Å²) in [7, 11) is 0. The number of benzene rings is 1. The maximum atomic E-state index is 12.3. The van der Waals surface area contributed by atoms with Crippen LogP contribution < -0.4 is 14.9 Å². The zero-order valence-electron chi connectivity index (χ0n) is 13.4. The van der Waals surface area contributed by atoms with Gasteiger partial charge in [-0.3, -0.25) is 4.79 Å². The molecule has 124 valence electrons. The number of aryl methyl sites for hydroxylation is 2. The Labute approximate surface area is 144 Å². The molecule has 1 aliphatic carbocycles. The Kier molecular flexibility index (Phi) is 3.98. The molecule has 0 atom stereocenters. The van der Waals surface area contributed by atoms with Crippen LogP contribution in [0.2, 0.25) is 0 Å². The largest absolute Gasteiger partial charge is 0.454 e. The van der Waals surface area contributed by atoms with Crippen molar-refractivity contribution >= 4 is 23.0 Å². The molecule has 6 heteroatoms. The van der Waals surface area contributed by atoms with E-state index in [-0.39, 0.29) is 12.7 Å². The third kappa shape index (κ3) is 2.89. The molecule has 1 aromatic heterocycles. The number of hydrazone groups is 1. The molecule has 0 saturated carbocycles. The van der Waals surface area contributed by atoms with Gasteiger partial charge in [-0.1, -0.05) is 0 Å². The molecule has 5 nitrogen and oxygen atoms in total. The first-order valence-electron chi connectivity index (χ1n) is 8.07. The number of nitrogens with zero attached hydrogens (tertiary/aromatic N) is 1. The molecule has 2 aromatic rings. The van der Waals surface area contributed by atoms with Gasteiger partial charge in [0.25, 0.3) is 5.91 Å². The fourth-order valence-electron chi connectivity index (χ4n) is 2.98. The molecule has 1 aliphatic heterocycles. The number of rotatable bonds is 3. The van der Waals surface area contributed by atoms with Crippen molar-refractivity contribution < 1.29 is 14.3 Å². The van der Waals surface area contributed by atoms with Gasteiger partial charge in [0.1, 0.15) is 0 Å². The zero-order valence-corrected chi connectivity index (χ0v) is 14.2. The molecule has 2 heterocycles. The van der Waals surface area contributed by atoms with Crippen molar-refractivity contribution in [2.75, 3.05) is 6.79 Å². The molecule has 0 fully saturated rings. The molecule has 0 bridgehead atoms. The van der Waals surface area contributed by atoms with Crippen LogP contribution in [0.5, 0.6) is 11.5 Å². The van der Waals surface area contributed by atoms with Gasteiger partial charge in [-0.25, -0.2) is 5.43 Å². The molecule has 0 unspecified atom stereocenters. The van der Waals surface area contributed by atoms with E-state index >= 15 is 0 Å². The minimum absolute atomic E-state index is 0.144. The van der Waals surface area contributed by atoms with Crippen LogP contribution in [0.4, 0.5) is 0 Å². The Balaban J connectivity index is 1.47. The first-order chi connectivity index (χ1) is 11.7. The van der Waals surface area contributed by atoms with E-state index in [1.807, 2.05) is 31.2 Å². The lowest BCUT2D eigenvalue weighted by Crippen LogP contribution is -2.18. The summed E-state index contributed by atoms with van der Waals surface area (Å²) in [6, 6.07) is 7.64. The molecule has 0 radical (unpaired) electrons. The number of thiophene rings is 1. The summed E-state index contributed by atoms with van der Waals surface area (Å²) in [5, 5.41) is 4.23. The van der Waals surface area contributed by atoms with Gasteiger partial charge in [-0.15, -0.1) is 11.3 Å². The highest BCUT2D eigenvalue weighted by atomic mass is 32.1. The third-order valence-corrected chi connectivity index (χ3v) is 5.57. The number of hydrogen-bond donors (Lipinski definition) is 1. The van der Waals surface area contributed by atoms with Gasteiger partial charge < -0.3 is 9.47 Å². The molecule has 1 amide bonds. The molecule has 24 heavy (non-hydrogen) atoms. The van der Waals surface area contributed by atoms with Crippen LogP contribution in [0.15, 0.2) is 29.4 Å². The Morgan fingerprint density at radius 3 is 2.88 bits per heavy atom. The second-order valence-electron chi connectivity index (χ2n) is 5.97. The second kappa shape index (κ2) is 6.28. The predicted molar refractivity (Wildman–Crippen MR) is 93.2 cm³/mol. The van der Waals surface area contributed by atoms with Crippen molar-refractivity contribution in [1.82, 2.24) is 5.43 Å². The molecule has 2 aliphatic rings. The van der Waals surface area contributed by atoms with E-state index in [9.17, 15) is 4.79 Å². The highest BCUT2D eigenvalue weighted by Gasteiger charge is 2.17. The summed E-state index contributed by atoms with van der Waals surface area (Å²) >= 11 is 1.59. The summed E-state index contributed by atoms with van der Waals surface area (Å²) in [5.41, 5.74) is 5.61. The van der Waals surface area contributed by atoms with Crippen LogP contribution in [0.3, 0.4) is 0 Å². The Morgan fingerprint density at radius 2 is 2.00 bits per heavy atom. The van der Waals surface area contributed by atoms with Crippen LogP contribution in [-0.2, 0) is 12.8 Å². The average molecular weight is 342 g/mol. The minimum Gasteiger partial charge on any atom is -0.454 e. The number of nitrogens with one attached hydrogen (secondary N) is 1. The van der Waals surface area contributed by atoms with Crippen LogP contribution in [0.1, 0.15) is 45.4 Å². The van der Waals surface area contributed by atoms with Gasteiger partial charge in [-0.05, 0) is 62.4 Å². The average Bonchev–Trinajstić information content (AvgIpc) is 3.24. The van der Waals surface area contributed by atoms with E-state index in [0.717, 1.165) is 34.7 Å². The van der Waals surface area contributed by atoms with E-state index in [0.29, 0.717) is 5.75 Å². The molecule has 0 spiro atoms. The smallest absolute Gasteiger partial charge is 0.281 e. The third-order valence-electron chi connectivity index (χ3n) is 4.34. The van der Waals surface area contributed by atoms with Gasteiger partial charge in [0.2, 0.25) is 6.79 Å². The lowest BCUT2D eigenvalue weighted by Gasteiger charge is -2.08. The van der Waals surface area contributed by atoms with Crippen molar-refractivity contribution in [3.05, 3.63) is 45.1 Å². The fourth-order valence-corrected chi connectivity index (χ4v) is 4.12. The zero-order chi connectivity index (χ0) is 16.5. The summed E-state index contributed by atoms with van der Waals surface area (Å²) in [6.07, 6.45) is 4.60. The highest BCUT2D eigenvalue weighted by Crippen LogP contribution is 2.32. The quantitative estimate of drug-likeness (QED) is 0.686. The first-order valence-corrected chi connectivity index (χ1v) is 8.88. The van der Waals surface area contributed by atoms with E-state index in [1.54, 1.807) is 11.3 Å². The van der Waals surface area contributed by atoms with Crippen molar-refractivity contribution in [3.63, 3.8) is 0 Å². The van der Waals surface area contributed by atoms with Gasteiger partial charge >= 0.3 is 0 Å². The number of carbonyl (C=O) groups excluding carboxylic acids is 1. The minimum atomic E-state index is -0.144. The maximum absolute atomic E-state index is 12.3. The summed E-state index contributed by atoms with van der Waals surface area (Å²) in [5.74, 6) is 1.30. The van der Waals surface area contributed by atoms with Crippen molar-refractivity contribution in [1.29, 1.82) is 0 Å². The van der Waals surface area contributed by atoms with Crippen LogP contribution in [-0.4, -0.2) is 18.4 Å². The Hall–Kier alpha value is -2.34. The van der Waals surface area contributed by atoms with Gasteiger partial charge in [0.05, 0.1) is 10.6 Å². The molecular formula is C18H18N2O3S. The molecular weight excluding hydrogens is 324 g/mol. The number of amides is 1. The van der Waals surface area contributed by atoms with E-state index in [1.165, 1.54) is 23.3 Å². The molecule has 1 aromatic carbocycles. The van der Waals surface area contributed by atoms with Crippen molar-refractivity contribution in [2.45, 2.75) is 32.6 Å². The van der Waals surface area contributed by atoms with Gasteiger partial charge in [-0.2, -0.15) is 5.10 Å². The van der Waals surface area contributed by atoms with Crippen molar-refractivity contribution in [3.8, 4) is 11.5 Å².